The van der Waals surface area contributed by atoms with Crippen LogP contribution in [0.2, 0.25) is 0 Å². The number of ether oxygens (including phenoxy) is 2. The van der Waals surface area contributed by atoms with Gasteiger partial charge in [-0.15, -0.1) is 5.10 Å². The monoisotopic (exact) mass is 321 g/mol. The van der Waals surface area contributed by atoms with Crippen molar-refractivity contribution >= 4 is 11.0 Å². The van der Waals surface area contributed by atoms with Crippen molar-refractivity contribution in [2.75, 3.05) is 7.11 Å². The Labute approximate surface area is 129 Å². The fourth-order valence-corrected chi connectivity index (χ4v) is 2.21. The number of fused-ring (bicyclic) bond motifs is 1. The summed E-state index contributed by atoms with van der Waals surface area (Å²) in [6.07, 6.45) is 1.22. The second-order valence-electron chi connectivity index (χ2n) is 4.75. The molecule has 23 heavy (non-hydrogen) atoms. The van der Waals surface area contributed by atoms with Crippen molar-refractivity contribution in [3.63, 3.8) is 0 Å². The first-order chi connectivity index (χ1) is 11.1. The molecule has 0 aliphatic carbocycles. The summed E-state index contributed by atoms with van der Waals surface area (Å²) in [4.78, 5) is 4.04. The molecule has 3 aromatic rings. The normalized spacial score (nSPS) is 11.1. The molecule has 0 aliphatic rings. The molecular weight excluding hydrogens is 308 g/mol. The Morgan fingerprint density at radius 3 is 2.65 bits per heavy atom. The number of aromatic nitrogens is 3. The van der Waals surface area contributed by atoms with Gasteiger partial charge in [0, 0.05) is 0 Å². The van der Waals surface area contributed by atoms with Crippen LogP contribution < -0.4 is 9.47 Å². The van der Waals surface area contributed by atoms with Crippen LogP contribution in [0, 0.1) is 0 Å². The lowest BCUT2D eigenvalue weighted by Gasteiger charge is -2.04. The van der Waals surface area contributed by atoms with E-state index in [-0.39, 0.29) is 17.0 Å². The van der Waals surface area contributed by atoms with E-state index in [0.29, 0.717) is 17.9 Å². The van der Waals surface area contributed by atoms with Gasteiger partial charge in [0.25, 0.3) is 0 Å². The largest absolute Gasteiger partial charge is 0.506 e. The van der Waals surface area contributed by atoms with Crippen LogP contribution in [0.25, 0.3) is 11.0 Å². The molecule has 0 radical (unpaired) electrons. The highest BCUT2D eigenvalue weighted by Crippen LogP contribution is 2.28. The highest BCUT2D eigenvalue weighted by molar-refractivity contribution is 5.82. The van der Waals surface area contributed by atoms with E-state index in [0.717, 1.165) is 5.56 Å². The second kappa shape index (κ2) is 6.07. The maximum Gasteiger partial charge on any atom is 0.388 e. The molecule has 2 heterocycles. The van der Waals surface area contributed by atoms with E-state index in [1.807, 2.05) is 12.1 Å². The molecule has 0 bridgehead atoms. The molecule has 0 saturated heterocycles. The quantitative estimate of drug-likeness (QED) is 0.782. The average Bonchev–Trinajstić information content (AvgIpc) is 2.84. The zero-order chi connectivity index (χ0) is 16.4. The summed E-state index contributed by atoms with van der Waals surface area (Å²) in [5.74, 6) is 0.288. The molecule has 3 rings (SSSR count). The molecule has 0 aliphatic heterocycles. The number of benzene rings is 1. The molecule has 0 amide bonds. The van der Waals surface area contributed by atoms with Crippen LogP contribution in [-0.4, -0.2) is 33.6 Å². The van der Waals surface area contributed by atoms with Crippen LogP contribution in [0.15, 0.2) is 36.5 Å². The first-order valence-electron chi connectivity index (χ1n) is 6.70. The van der Waals surface area contributed by atoms with Crippen molar-refractivity contribution < 1.29 is 23.4 Å². The third kappa shape index (κ3) is 3.15. The van der Waals surface area contributed by atoms with Gasteiger partial charge < -0.3 is 14.6 Å². The first-order valence-corrected chi connectivity index (χ1v) is 6.70. The molecule has 120 valence electrons. The number of methoxy groups -OCH3 is 1. The minimum absolute atomic E-state index is 0.152. The fraction of sp³-hybridized carbons (Fsp3) is 0.200. The number of pyridine rings is 1. The Hall–Kier alpha value is -2.90. The predicted octanol–water partition coefficient (Wildman–Crippen LogP) is 2.80. The molecule has 6 nitrogen and oxygen atoms in total. The molecule has 8 heteroatoms. The third-order valence-corrected chi connectivity index (χ3v) is 3.23. The Morgan fingerprint density at radius 1 is 1.26 bits per heavy atom. The minimum atomic E-state index is -3.01. The Bertz CT molecular complexity index is 819. The number of halogens is 2. The Kier molecular flexibility index (Phi) is 3.96. The highest BCUT2D eigenvalue weighted by atomic mass is 19.3. The fourth-order valence-electron chi connectivity index (χ4n) is 2.21. The number of hydrogen-bond donors (Lipinski definition) is 1. The summed E-state index contributed by atoms with van der Waals surface area (Å²) in [6.45, 7) is -2.70. The maximum atomic E-state index is 12.5. The summed E-state index contributed by atoms with van der Waals surface area (Å²) in [5, 5.41) is 13.7. The lowest BCUT2D eigenvalue weighted by atomic mass is 10.2. The van der Waals surface area contributed by atoms with Crippen molar-refractivity contribution in [1.82, 2.24) is 14.8 Å². The molecule has 2 aromatic heterocycles. The lowest BCUT2D eigenvalue weighted by molar-refractivity contribution is -0.0522. The average molecular weight is 321 g/mol. The van der Waals surface area contributed by atoms with Crippen molar-refractivity contribution in [3.8, 4) is 17.4 Å². The maximum absolute atomic E-state index is 12.5. The van der Waals surface area contributed by atoms with Crippen LogP contribution in [0.3, 0.4) is 0 Å². The van der Waals surface area contributed by atoms with Gasteiger partial charge >= 0.3 is 6.61 Å². The van der Waals surface area contributed by atoms with E-state index in [9.17, 15) is 13.9 Å². The van der Waals surface area contributed by atoms with Gasteiger partial charge in [0.05, 0.1) is 25.2 Å². The number of alkyl halides is 2. The SMILES string of the molecule is COc1ccc(Cn2nc(OC(F)F)c3cc(O)cnc32)cc1. The van der Waals surface area contributed by atoms with Crippen molar-refractivity contribution in [3.05, 3.63) is 42.1 Å². The number of aromatic hydroxyl groups is 1. The third-order valence-electron chi connectivity index (χ3n) is 3.23. The molecule has 0 unspecified atom stereocenters. The van der Waals surface area contributed by atoms with Crippen LogP contribution in [0.4, 0.5) is 8.78 Å². The van der Waals surface area contributed by atoms with Gasteiger partial charge in [-0.1, -0.05) is 12.1 Å². The Balaban J connectivity index is 1.99. The summed E-state index contributed by atoms with van der Waals surface area (Å²) in [5.41, 5.74) is 1.22. The second-order valence-corrected chi connectivity index (χ2v) is 4.75. The van der Waals surface area contributed by atoms with Crippen LogP contribution in [0.5, 0.6) is 17.4 Å². The minimum Gasteiger partial charge on any atom is -0.506 e. The molecule has 0 saturated carbocycles. The number of rotatable bonds is 5. The van der Waals surface area contributed by atoms with E-state index in [1.165, 1.54) is 16.9 Å². The van der Waals surface area contributed by atoms with Gasteiger partial charge in [-0.3, -0.25) is 0 Å². The molecular formula is C15H13F2N3O3. The van der Waals surface area contributed by atoms with Crippen molar-refractivity contribution in [2.45, 2.75) is 13.2 Å². The van der Waals surface area contributed by atoms with E-state index < -0.39 is 6.61 Å². The van der Waals surface area contributed by atoms with Crippen molar-refractivity contribution in [1.29, 1.82) is 0 Å². The molecule has 1 aromatic carbocycles. The van der Waals surface area contributed by atoms with Crippen molar-refractivity contribution in [2.24, 2.45) is 0 Å². The van der Waals surface area contributed by atoms with E-state index in [4.69, 9.17) is 4.74 Å². The summed E-state index contributed by atoms with van der Waals surface area (Å²) < 4.78 is 35.9. The Morgan fingerprint density at radius 2 is 2.00 bits per heavy atom. The van der Waals surface area contributed by atoms with Crippen LogP contribution in [0.1, 0.15) is 5.56 Å². The number of hydrogen-bond acceptors (Lipinski definition) is 5. The van der Waals surface area contributed by atoms with E-state index in [1.54, 1.807) is 19.2 Å². The molecule has 0 spiro atoms. The molecule has 0 fully saturated rings. The van der Waals surface area contributed by atoms with Gasteiger partial charge in [0.1, 0.15) is 11.5 Å². The first kappa shape index (κ1) is 15.0. The summed E-state index contributed by atoms with van der Waals surface area (Å²) in [7, 11) is 1.57. The van der Waals surface area contributed by atoms with Gasteiger partial charge in [0.15, 0.2) is 5.65 Å². The predicted molar refractivity (Wildman–Crippen MR) is 77.9 cm³/mol. The standard InChI is InChI=1S/C15H13F2N3O3/c1-22-11-4-2-9(3-5-11)8-20-13-12(6-10(21)7-18-13)14(19-20)23-15(16)17/h2-7,15,21H,8H2,1H3. The van der Waals surface area contributed by atoms with Crippen LogP contribution in [-0.2, 0) is 6.54 Å². The number of nitrogens with zero attached hydrogens (tertiary/aromatic N) is 3. The summed E-state index contributed by atoms with van der Waals surface area (Å²) >= 11 is 0. The lowest BCUT2D eigenvalue weighted by Crippen LogP contribution is -2.05. The van der Waals surface area contributed by atoms with Gasteiger partial charge in [0.2, 0.25) is 5.88 Å². The van der Waals surface area contributed by atoms with E-state index in [2.05, 4.69) is 14.8 Å². The van der Waals surface area contributed by atoms with Gasteiger partial charge in [-0.2, -0.15) is 8.78 Å². The zero-order valence-corrected chi connectivity index (χ0v) is 12.1. The molecule has 0 atom stereocenters. The van der Waals surface area contributed by atoms with Gasteiger partial charge in [-0.25, -0.2) is 9.67 Å². The zero-order valence-electron chi connectivity index (χ0n) is 12.1. The molecule has 1 N–H and O–H groups in total. The highest BCUT2D eigenvalue weighted by Gasteiger charge is 2.17. The smallest absolute Gasteiger partial charge is 0.388 e. The van der Waals surface area contributed by atoms with Gasteiger partial charge in [-0.05, 0) is 23.8 Å². The summed E-state index contributed by atoms with van der Waals surface area (Å²) in [6, 6.07) is 8.53. The topological polar surface area (TPSA) is 69.4 Å². The van der Waals surface area contributed by atoms with E-state index >= 15 is 0 Å². The van der Waals surface area contributed by atoms with Crippen LogP contribution >= 0.6 is 0 Å².